The first kappa shape index (κ1) is 80.2. The number of aliphatic hydroxyl groups excluding tert-OH is 1. The molecule has 18 atom stereocenters. The van der Waals surface area contributed by atoms with Crippen LogP contribution in [0.15, 0.2) is 84.9 Å². The molecular weight excluding hydrogens is 1320 g/mol. The Morgan fingerprint density at radius 3 is 1.34 bits per heavy atom. The van der Waals surface area contributed by atoms with E-state index in [1.165, 1.54) is 14.2 Å². The monoisotopic (exact) mass is 1420 g/mol. The lowest BCUT2D eigenvalue weighted by Gasteiger charge is -2.40. The van der Waals surface area contributed by atoms with Gasteiger partial charge < -0.3 is 51.9 Å². The van der Waals surface area contributed by atoms with Crippen LogP contribution in [-0.4, -0.2) is 104 Å². The van der Waals surface area contributed by atoms with Crippen molar-refractivity contribution in [1.29, 1.82) is 0 Å². The average molecular weight is 1420 g/mol. The summed E-state index contributed by atoms with van der Waals surface area (Å²) in [6.45, 7) is 27.4. The highest BCUT2D eigenvalue weighted by Crippen LogP contribution is 2.92. The van der Waals surface area contributed by atoms with E-state index in [-0.39, 0.29) is 87.7 Å². The van der Waals surface area contributed by atoms with E-state index in [0.29, 0.717) is 38.9 Å². The fourth-order valence-electron chi connectivity index (χ4n) is 7.79. The Labute approximate surface area is 520 Å². The quantitative estimate of drug-likeness (QED) is 0.0488. The highest BCUT2D eigenvalue weighted by molar-refractivity contribution is 8.98. The third kappa shape index (κ3) is 28.3. The van der Waals surface area contributed by atoms with Gasteiger partial charge in [0.05, 0.1) is 77.4 Å². The van der Waals surface area contributed by atoms with Gasteiger partial charge in [-0.3, -0.25) is 9.59 Å². The van der Waals surface area contributed by atoms with Gasteiger partial charge in [0.1, 0.15) is 18.0 Å². The van der Waals surface area contributed by atoms with Crippen LogP contribution in [0, 0.1) is 0 Å². The van der Waals surface area contributed by atoms with Crippen LogP contribution in [0.4, 0.5) is 0 Å². The molecule has 2 fully saturated rings. The number of aliphatic hydroxyl groups is 1. The molecule has 0 radical (unpaired) electrons. The number of benzene rings is 3. The summed E-state index contributed by atoms with van der Waals surface area (Å²) < 4.78 is 59.8. The van der Waals surface area contributed by atoms with Crippen molar-refractivity contribution in [3.05, 3.63) is 102 Å². The second-order valence-corrected chi connectivity index (χ2v) is 74.9. The SMILES string of the molecule is COC(=O)C[C@H](CC[C@@]1(C)O[C@@H](c2ccccc2)O[C@H]1CO)O[Si](C)(C)C(C)(C)C.COC(=O)C[C@H](CC[C@@]1(C)O[C@@H](c2ccccc2)O[C@H]1COCc1ccc(OC)cc1)O[Si](C)(C)C(C)(C)C.PP(P)P(P)P.PPP(P)P(P)P. The smallest absolute Gasteiger partial charge is 0.308 e. The zero-order chi connectivity index (χ0) is 62.3. The van der Waals surface area contributed by atoms with Crippen LogP contribution in [-0.2, 0) is 58.2 Å². The molecule has 28 heteroatoms. The van der Waals surface area contributed by atoms with E-state index in [4.69, 9.17) is 46.7 Å². The third-order valence-corrected chi connectivity index (χ3v) is 75.9. The van der Waals surface area contributed by atoms with Crippen molar-refractivity contribution in [2.24, 2.45) is 0 Å². The summed E-state index contributed by atoms with van der Waals surface area (Å²) >= 11 is 0. The number of methoxy groups -OCH3 is 3. The minimum Gasteiger partial charge on any atom is -0.497 e. The topological polar surface area (TPSA) is 147 Å². The fourth-order valence-corrected chi connectivity index (χ4v) is 26.7. The van der Waals surface area contributed by atoms with Gasteiger partial charge >= 0.3 is 11.9 Å². The van der Waals surface area contributed by atoms with Gasteiger partial charge in [-0.15, -0.1) is 71.4 Å². The summed E-state index contributed by atoms with van der Waals surface area (Å²) in [6, 6.07) is 27.5. The van der Waals surface area contributed by atoms with Gasteiger partial charge in [-0.1, -0.05) is 122 Å². The van der Waals surface area contributed by atoms with Crippen LogP contribution in [0.1, 0.15) is 123 Å². The number of hydrogen-bond acceptors (Lipinski definition) is 13. The molecule has 10 unspecified atom stereocenters. The molecule has 2 heterocycles. The lowest BCUT2D eigenvalue weighted by molar-refractivity contribution is -0.144. The summed E-state index contributed by atoms with van der Waals surface area (Å²) in [6.07, 6.45) is 0.594. The molecule has 0 bridgehead atoms. The molecule has 5 rings (SSSR count). The normalized spacial score (nSPS) is 22.4. The van der Waals surface area contributed by atoms with Crippen molar-refractivity contribution in [2.45, 2.75) is 185 Å². The Morgan fingerprint density at radius 1 is 0.634 bits per heavy atom. The maximum atomic E-state index is 12.3. The van der Waals surface area contributed by atoms with E-state index >= 15 is 0 Å². The number of ether oxygens (including phenoxy) is 8. The molecule has 13 nitrogen and oxygen atoms in total. The molecule has 0 spiro atoms. The third-order valence-electron chi connectivity index (χ3n) is 15.0. The maximum Gasteiger partial charge on any atom is 0.308 e. The Bertz CT molecular complexity index is 2270. The average Bonchev–Trinajstić information content (AvgIpc) is 4.20. The van der Waals surface area contributed by atoms with Crippen molar-refractivity contribution in [2.75, 3.05) is 34.5 Å². The first-order chi connectivity index (χ1) is 38.1. The van der Waals surface area contributed by atoms with Crippen LogP contribution in [0.25, 0.3) is 0 Å². The van der Waals surface area contributed by atoms with Gasteiger partial charge in [0.15, 0.2) is 29.2 Å². The molecule has 2 saturated heterocycles. The Morgan fingerprint density at radius 2 is 1.02 bits per heavy atom. The minimum absolute atomic E-state index is 0.0223. The lowest BCUT2D eigenvalue weighted by atomic mass is 9.91. The molecule has 2 aliphatic rings. The molecule has 1 N–H and O–H groups in total. The first-order valence-corrected chi connectivity index (χ1v) is 54.6. The van der Waals surface area contributed by atoms with Crippen LogP contribution >= 0.6 is 107 Å². The van der Waals surface area contributed by atoms with Gasteiger partial charge in [0, 0.05) is 11.1 Å². The van der Waals surface area contributed by atoms with E-state index in [1.54, 1.807) is 7.11 Å². The predicted molar refractivity (Wildman–Crippen MR) is 386 cm³/mol. The molecule has 82 heavy (non-hydrogen) atoms. The molecule has 0 amide bonds. The summed E-state index contributed by atoms with van der Waals surface area (Å²) in [4.78, 5) is 24.3. The van der Waals surface area contributed by atoms with Crippen LogP contribution in [0.5, 0.6) is 5.75 Å². The zero-order valence-corrected chi connectivity index (χ0v) is 67.0. The molecular formula is C54H101O13P13Si2. The summed E-state index contributed by atoms with van der Waals surface area (Å²) in [5, 5.41) is 9.96. The second-order valence-electron chi connectivity index (χ2n) is 23.4. The summed E-state index contributed by atoms with van der Waals surface area (Å²) in [5.74, 6) is 0.258. The summed E-state index contributed by atoms with van der Waals surface area (Å²) in [7, 11) is 23.9. The largest absolute Gasteiger partial charge is 0.497 e. The highest BCUT2D eigenvalue weighted by Gasteiger charge is 2.49. The van der Waals surface area contributed by atoms with E-state index in [1.807, 2.05) is 91.9 Å². The van der Waals surface area contributed by atoms with E-state index in [9.17, 15) is 14.7 Å². The Hall–Kier alpha value is 2.10. The van der Waals surface area contributed by atoms with E-state index in [2.05, 4.69) is 146 Å². The van der Waals surface area contributed by atoms with Crippen LogP contribution in [0.3, 0.4) is 0 Å². The van der Waals surface area contributed by atoms with Crippen molar-refractivity contribution in [3.63, 3.8) is 0 Å². The van der Waals surface area contributed by atoms with E-state index in [0.717, 1.165) is 30.4 Å². The van der Waals surface area contributed by atoms with Crippen LogP contribution < -0.4 is 4.74 Å². The van der Waals surface area contributed by atoms with Crippen molar-refractivity contribution in [3.8, 4) is 5.75 Å². The number of hydrogen-bond donors (Lipinski definition) is 1. The summed E-state index contributed by atoms with van der Waals surface area (Å²) in [5.41, 5.74) is 1.62. The second kappa shape index (κ2) is 38.8. The standard InChI is InChI=1S/C31H46O7Si.C23H38O6Si.H9P7.H8P6/c1-30(2,3)39(7,8)38-26(20-28(32)34-6)18-19-31(4)27(36-29(37-31)24-12-10-9-11-13-24)22-35-21-23-14-16-25(33-5)17-15-23;1-22(2,3)30(6,7)29-18(15-20(25)26-5)13-14-23(4)19(16-24)27-21(28-23)17-11-9-8-10-12-17;1-5-7(4)6(2)3;1-5(2)6(3)4/h9-17,26-27,29H,18-22H2,1-8H3;8-12,18-19,21,24H,13-16H2,1-7H3;5H,1-4H2;1-4H2/t26-,27-,29-,31+;18-,19-,21-,23+;;/m00../s1. The molecule has 2 aliphatic heterocycles. The molecule has 468 valence electrons. The molecule has 0 aromatic heterocycles. The van der Waals surface area contributed by atoms with Gasteiger partial charge in [-0.05, 0) is 121 Å². The predicted octanol–water partition coefficient (Wildman–Crippen LogP) is 18.0. The first-order valence-electron chi connectivity index (χ1n) is 27.1. The van der Waals surface area contributed by atoms with Crippen molar-refractivity contribution < 1.29 is 61.4 Å². The molecule has 0 saturated carbocycles. The Kier molecular flexibility index (Phi) is 38.0. The fraction of sp³-hybridized carbons (Fsp3) is 0.630. The number of esters is 2. The van der Waals surface area contributed by atoms with E-state index < -0.39 is 46.5 Å². The number of carbonyl (C=O) groups excluding carboxylic acids is 2. The number of carbonyl (C=O) groups is 2. The minimum atomic E-state index is -2.11. The van der Waals surface area contributed by atoms with Gasteiger partial charge in [-0.2, -0.15) is 0 Å². The van der Waals surface area contributed by atoms with Crippen LogP contribution in [0.2, 0.25) is 36.3 Å². The maximum absolute atomic E-state index is 12.3. The highest BCUT2D eigenvalue weighted by atomic mass is 33.0. The molecule has 3 aromatic carbocycles. The van der Waals surface area contributed by atoms with Crippen molar-refractivity contribution in [1.82, 2.24) is 0 Å². The Balaban J connectivity index is 0.000000469. The molecule has 3 aromatic rings. The zero-order valence-electron chi connectivity index (χ0n) is 51.2. The molecule has 0 aliphatic carbocycles. The van der Waals surface area contributed by atoms with Gasteiger partial charge in [-0.25, -0.2) is 0 Å². The van der Waals surface area contributed by atoms with Crippen molar-refractivity contribution >= 4 is 136 Å². The number of rotatable bonds is 25. The lowest BCUT2D eigenvalue weighted by Crippen LogP contribution is -2.46. The van der Waals surface area contributed by atoms with Gasteiger partial charge in [0.25, 0.3) is 0 Å². The van der Waals surface area contributed by atoms with Gasteiger partial charge in [0.2, 0.25) is 0 Å².